The Hall–Kier alpha value is -0.0800. The highest BCUT2D eigenvalue weighted by molar-refractivity contribution is 5.02. The predicted octanol–water partition coefficient (Wildman–Crippen LogP) is 1.12. The number of ether oxygens (including phenoxy) is 1. The number of likely N-dealkylation sites (N-methyl/N-ethyl adjacent to an activating group) is 1. The van der Waals surface area contributed by atoms with Crippen molar-refractivity contribution in [2.75, 3.05) is 20.3 Å². The van der Waals surface area contributed by atoms with Crippen LogP contribution in [0.15, 0.2) is 0 Å². The summed E-state index contributed by atoms with van der Waals surface area (Å²) in [7, 11) is 2.24. The molecule has 0 amide bonds. The Morgan fingerprint density at radius 2 is 2.18 bits per heavy atom. The first kappa shape index (κ1) is 7.56. The molecule has 2 saturated heterocycles. The molecule has 3 fully saturated rings. The molecule has 0 spiro atoms. The third kappa shape index (κ3) is 1.09. The van der Waals surface area contributed by atoms with E-state index in [0.29, 0.717) is 0 Å². The maximum atomic E-state index is 5.44. The Labute approximate surface area is 68.5 Å². The van der Waals surface area contributed by atoms with Crippen LogP contribution < -0.4 is 0 Å². The summed E-state index contributed by atoms with van der Waals surface area (Å²) in [5, 5.41) is 0. The molecule has 64 valence electrons. The Balaban J connectivity index is 1.84. The summed E-state index contributed by atoms with van der Waals surface area (Å²) in [5.74, 6) is 0.955. The molecule has 1 saturated carbocycles. The Bertz CT molecular complexity index is 142. The quantitative estimate of drug-likeness (QED) is 0.605. The molecule has 2 aliphatic heterocycles. The first-order valence-electron chi connectivity index (χ1n) is 4.62. The van der Waals surface area contributed by atoms with Gasteiger partial charge in [0.25, 0.3) is 0 Å². The van der Waals surface area contributed by atoms with E-state index < -0.39 is 0 Å². The van der Waals surface area contributed by atoms with E-state index in [2.05, 4.69) is 18.9 Å². The average Bonchev–Trinajstić information content (AvgIpc) is 2.34. The average molecular weight is 155 g/mol. The van der Waals surface area contributed by atoms with E-state index in [-0.39, 0.29) is 0 Å². The number of hydrogen-bond acceptors (Lipinski definition) is 2. The summed E-state index contributed by atoms with van der Waals surface area (Å²) in [6.07, 6.45) is 2.85. The standard InChI is InChI=1S/C9H17NO/c1-3-11-6-9-7-4-8(5-7)10(9)2/h7-9H,3-6H2,1-2H3. The summed E-state index contributed by atoms with van der Waals surface area (Å²) >= 11 is 0. The molecule has 3 rings (SSSR count). The normalized spacial score (nSPS) is 42.5. The lowest BCUT2D eigenvalue weighted by Crippen LogP contribution is -2.30. The van der Waals surface area contributed by atoms with Gasteiger partial charge >= 0.3 is 0 Å². The molecular formula is C9H17NO. The van der Waals surface area contributed by atoms with Crippen LogP contribution >= 0.6 is 0 Å². The maximum absolute atomic E-state index is 5.44. The van der Waals surface area contributed by atoms with E-state index >= 15 is 0 Å². The van der Waals surface area contributed by atoms with Crippen molar-refractivity contribution in [3.63, 3.8) is 0 Å². The molecule has 0 radical (unpaired) electrons. The highest BCUT2D eigenvalue weighted by atomic mass is 16.5. The predicted molar refractivity (Wildman–Crippen MR) is 44.6 cm³/mol. The van der Waals surface area contributed by atoms with E-state index in [1.807, 2.05) is 0 Å². The van der Waals surface area contributed by atoms with Crippen molar-refractivity contribution in [1.29, 1.82) is 0 Å². The summed E-state index contributed by atoms with van der Waals surface area (Å²) in [5.41, 5.74) is 0. The second-order valence-corrected chi connectivity index (χ2v) is 3.78. The fraction of sp³-hybridized carbons (Fsp3) is 1.00. The summed E-state index contributed by atoms with van der Waals surface area (Å²) < 4.78 is 5.44. The number of hydrogen-bond donors (Lipinski definition) is 0. The molecule has 0 N–H and O–H groups in total. The van der Waals surface area contributed by atoms with Gasteiger partial charge in [-0.25, -0.2) is 0 Å². The molecule has 11 heavy (non-hydrogen) atoms. The first-order valence-corrected chi connectivity index (χ1v) is 4.62. The van der Waals surface area contributed by atoms with Crippen LogP contribution in [0.5, 0.6) is 0 Å². The SMILES string of the molecule is CCOCC1C2CC(C2)N1C. The molecule has 1 unspecified atom stereocenters. The van der Waals surface area contributed by atoms with Gasteiger partial charge in [0.1, 0.15) is 0 Å². The van der Waals surface area contributed by atoms with E-state index in [1.165, 1.54) is 12.8 Å². The van der Waals surface area contributed by atoms with Crippen molar-refractivity contribution >= 4 is 0 Å². The van der Waals surface area contributed by atoms with Gasteiger partial charge in [0.15, 0.2) is 0 Å². The molecule has 2 heteroatoms. The van der Waals surface area contributed by atoms with E-state index in [1.54, 1.807) is 0 Å². The van der Waals surface area contributed by atoms with Gasteiger partial charge in [-0.1, -0.05) is 0 Å². The van der Waals surface area contributed by atoms with E-state index in [9.17, 15) is 0 Å². The maximum Gasteiger partial charge on any atom is 0.0624 e. The third-order valence-corrected chi connectivity index (χ3v) is 3.29. The van der Waals surface area contributed by atoms with Gasteiger partial charge in [0.2, 0.25) is 0 Å². The molecule has 2 nitrogen and oxygen atoms in total. The fourth-order valence-electron chi connectivity index (χ4n) is 2.37. The number of nitrogens with zero attached hydrogens (tertiary/aromatic N) is 1. The Morgan fingerprint density at radius 1 is 1.45 bits per heavy atom. The fourth-order valence-corrected chi connectivity index (χ4v) is 2.37. The van der Waals surface area contributed by atoms with Crippen molar-refractivity contribution < 1.29 is 4.74 Å². The summed E-state index contributed by atoms with van der Waals surface area (Å²) in [4.78, 5) is 2.50. The van der Waals surface area contributed by atoms with Gasteiger partial charge in [-0.05, 0) is 32.7 Å². The lowest BCUT2D eigenvalue weighted by Gasteiger charge is -2.23. The smallest absolute Gasteiger partial charge is 0.0624 e. The molecule has 1 atom stereocenters. The third-order valence-electron chi connectivity index (χ3n) is 3.29. The van der Waals surface area contributed by atoms with Crippen LogP contribution in [0.3, 0.4) is 0 Å². The van der Waals surface area contributed by atoms with Gasteiger partial charge in [0.05, 0.1) is 6.61 Å². The van der Waals surface area contributed by atoms with E-state index in [4.69, 9.17) is 4.74 Å². The largest absolute Gasteiger partial charge is 0.380 e. The van der Waals surface area contributed by atoms with Crippen LogP contribution in [0.1, 0.15) is 19.8 Å². The molecule has 1 aliphatic carbocycles. The van der Waals surface area contributed by atoms with Gasteiger partial charge in [-0.2, -0.15) is 0 Å². The van der Waals surface area contributed by atoms with Crippen molar-refractivity contribution in [3.8, 4) is 0 Å². The molecular weight excluding hydrogens is 138 g/mol. The second-order valence-electron chi connectivity index (χ2n) is 3.78. The molecule has 3 aliphatic rings. The summed E-state index contributed by atoms with van der Waals surface area (Å²) in [6.45, 7) is 3.88. The minimum Gasteiger partial charge on any atom is -0.380 e. The lowest BCUT2D eigenvalue weighted by atomic mass is 9.83. The lowest BCUT2D eigenvalue weighted by molar-refractivity contribution is 0.0927. The monoisotopic (exact) mass is 155 g/mol. The van der Waals surface area contributed by atoms with Gasteiger partial charge in [-0.3, -0.25) is 4.90 Å². The minimum atomic E-state index is 0.736. The zero-order valence-corrected chi connectivity index (χ0v) is 7.42. The van der Waals surface area contributed by atoms with Gasteiger partial charge in [-0.15, -0.1) is 0 Å². The van der Waals surface area contributed by atoms with Crippen LogP contribution in [0.25, 0.3) is 0 Å². The van der Waals surface area contributed by atoms with Gasteiger partial charge in [0, 0.05) is 18.7 Å². The molecule has 2 bridgehead atoms. The Morgan fingerprint density at radius 3 is 2.64 bits per heavy atom. The zero-order chi connectivity index (χ0) is 7.84. The van der Waals surface area contributed by atoms with Crippen molar-refractivity contribution in [3.05, 3.63) is 0 Å². The van der Waals surface area contributed by atoms with Crippen molar-refractivity contribution in [1.82, 2.24) is 4.90 Å². The van der Waals surface area contributed by atoms with Crippen LogP contribution in [0.2, 0.25) is 0 Å². The van der Waals surface area contributed by atoms with Gasteiger partial charge < -0.3 is 4.74 Å². The van der Waals surface area contributed by atoms with Crippen LogP contribution in [-0.2, 0) is 4.74 Å². The Kier molecular flexibility index (Phi) is 1.90. The van der Waals surface area contributed by atoms with Crippen LogP contribution in [-0.4, -0.2) is 37.2 Å². The highest BCUT2D eigenvalue weighted by Gasteiger charge is 2.48. The topological polar surface area (TPSA) is 12.5 Å². The first-order chi connectivity index (χ1) is 5.33. The molecule has 0 aromatic heterocycles. The number of rotatable bonds is 3. The number of fused-ring (bicyclic) bond motifs is 1. The second kappa shape index (κ2) is 2.76. The van der Waals surface area contributed by atoms with Crippen molar-refractivity contribution in [2.45, 2.75) is 31.8 Å². The molecule has 2 heterocycles. The van der Waals surface area contributed by atoms with Crippen LogP contribution in [0.4, 0.5) is 0 Å². The van der Waals surface area contributed by atoms with Crippen LogP contribution in [0, 0.1) is 5.92 Å². The molecule has 0 aromatic rings. The van der Waals surface area contributed by atoms with E-state index in [0.717, 1.165) is 31.2 Å². The molecule has 0 aromatic carbocycles. The minimum absolute atomic E-state index is 0.736. The highest BCUT2D eigenvalue weighted by Crippen LogP contribution is 2.44. The summed E-state index contributed by atoms with van der Waals surface area (Å²) in [6, 6.07) is 1.63. The van der Waals surface area contributed by atoms with Crippen molar-refractivity contribution in [2.24, 2.45) is 5.92 Å². The zero-order valence-electron chi connectivity index (χ0n) is 7.42.